The maximum Gasteiger partial charge on any atom is -0.0297 e. The summed E-state index contributed by atoms with van der Waals surface area (Å²) in [6.45, 7) is 12.8. The molecule has 0 rings (SSSR count). The van der Waals surface area contributed by atoms with Crippen molar-refractivity contribution in [2.75, 3.05) is 0 Å². The van der Waals surface area contributed by atoms with E-state index < -0.39 is 0 Å². The van der Waals surface area contributed by atoms with E-state index in [4.69, 9.17) is 0 Å². The first-order valence-electron chi connectivity index (χ1n) is 4.83. The summed E-state index contributed by atoms with van der Waals surface area (Å²) in [7, 11) is 0. The van der Waals surface area contributed by atoms with Gasteiger partial charge in [-0.2, -0.15) is 0 Å². The fourth-order valence-corrected chi connectivity index (χ4v) is 1.33. The standard InChI is InChI=1S/C12H22/c1-6-7-8-11(4)12(5)9-10(2)3/h6-7,11-12H,2,8-9H2,1,3-5H3. The van der Waals surface area contributed by atoms with Crippen LogP contribution in [0.5, 0.6) is 0 Å². The predicted molar refractivity (Wildman–Crippen MR) is 57.2 cm³/mol. The second-order valence-corrected chi connectivity index (χ2v) is 3.92. The minimum Gasteiger partial charge on any atom is -0.100 e. The summed E-state index contributed by atoms with van der Waals surface area (Å²) in [6, 6.07) is 0. The molecule has 0 heterocycles. The molecule has 0 radical (unpaired) electrons. The molecule has 2 unspecified atom stereocenters. The molecule has 0 aromatic carbocycles. The molecule has 0 spiro atoms. The van der Waals surface area contributed by atoms with Crippen molar-refractivity contribution in [2.24, 2.45) is 11.8 Å². The van der Waals surface area contributed by atoms with Crippen LogP contribution in [0.25, 0.3) is 0 Å². The third-order valence-electron chi connectivity index (χ3n) is 2.39. The Morgan fingerprint density at radius 2 is 1.92 bits per heavy atom. The van der Waals surface area contributed by atoms with Crippen LogP contribution >= 0.6 is 0 Å². The molecule has 0 heteroatoms. The van der Waals surface area contributed by atoms with Crippen molar-refractivity contribution in [1.29, 1.82) is 0 Å². The van der Waals surface area contributed by atoms with E-state index in [1.165, 1.54) is 18.4 Å². The molecule has 0 saturated heterocycles. The molecule has 0 N–H and O–H groups in total. The van der Waals surface area contributed by atoms with Gasteiger partial charge in [0.05, 0.1) is 0 Å². The van der Waals surface area contributed by atoms with E-state index in [0.29, 0.717) is 0 Å². The van der Waals surface area contributed by atoms with E-state index in [1.807, 2.05) is 0 Å². The second-order valence-electron chi connectivity index (χ2n) is 3.92. The van der Waals surface area contributed by atoms with E-state index in [2.05, 4.69) is 46.4 Å². The number of allylic oxidation sites excluding steroid dienone is 3. The van der Waals surface area contributed by atoms with E-state index >= 15 is 0 Å². The highest BCUT2D eigenvalue weighted by atomic mass is 14.1. The van der Waals surface area contributed by atoms with Crippen LogP contribution in [-0.4, -0.2) is 0 Å². The van der Waals surface area contributed by atoms with Gasteiger partial charge in [-0.3, -0.25) is 0 Å². The fourth-order valence-electron chi connectivity index (χ4n) is 1.33. The van der Waals surface area contributed by atoms with Gasteiger partial charge >= 0.3 is 0 Å². The molecule has 0 aliphatic carbocycles. The minimum atomic E-state index is 0.763. The van der Waals surface area contributed by atoms with Gasteiger partial charge < -0.3 is 0 Å². The quantitative estimate of drug-likeness (QED) is 0.537. The van der Waals surface area contributed by atoms with Crippen LogP contribution < -0.4 is 0 Å². The molecule has 0 aromatic rings. The molecule has 0 amide bonds. The Labute approximate surface area is 77.4 Å². The Morgan fingerprint density at radius 1 is 1.33 bits per heavy atom. The van der Waals surface area contributed by atoms with E-state index in [0.717, 1.165) is 11.8 Å². The highest BCUT2D eigenvalue weighted by Crippen LogP contribution is 2.21. The third kappa shape index (κ3) is 5.17. The SMILES string of the molecule is C=C(C)CC(C)C(C)CC=CC. The molecule has 70 valence electrons. The Bertz CT molecular complexity index is 153. The maximum atomic E-state index is 3.94. The van der Waals surface area contributed by atoms with Gasteiger partial charge in [-0.1, -0.05) is 31.6 Å². The molecule has 0 aliphatic heterocycles. The summed E-state index contributed by atoms with van der Waals surface area (Å²) in [5.41, 5.74) is 1.30. The first-order valence-corrected chi connectivity index (χ1v) is 4.83. The third-order valence-corrected chi connectivity index (χ3v) is 2.39. The largest absolute Gasteiger partial charge is 0.100 e. The van der Waals surface area contributed by atoms with Gasteiger partial charge in [-0.05, 0) is 38.5 Å². The Balaban J connectivity index is 3.75. The summed E-state index contributed by atoms with van der Waals surface area (Å²) >= 11 is 0. The lowest BCUT2D eigenvalue weighted by molar-refractivity contribution is 0.388. The number of hydrogen-bond donors (Lipinski definition) is 0. The molecule has 0 aliphatic rings. The molecule has 0 saturated carbocycles. The monoisotopic (exact) mass is 166 g/mol. The lowest BCUT2D eigenvalue weighted by Crippen LogP contribution is -2.07. The lowest BCUT2D eigenvalue weighted by Gasteiger charge is -2.18. The minimum absolute atomic E-state index is 0.763. The maximum absolute atomic E-state index is 3.94. The molecular formula is C12H22. The second kappa shape index (κ2) is 6.05. The zero-order valence-electron chi connectivity index (χ0n) is 8.93. The van der Waals surface area contributed by atoms with Crippen molar-refractivity contribution in [3.8, 4) is 0 Å². The number of rotatable bonds is 5. The fraction of sp³-hybridized carbons (Fsp3) is 0.667. The van der Waals surface area contributed by atoms with Gasteiger partial charge in [0.2, 0.25) is 0 Å². The Hall–Kier alpha value is -0.520. The first kappa shape index (κ1) is 11.5. The zero-order chi connectivity index (χ0) is 9.56. The van der Waals surface area contributed by atoms with Gasteiger partial charge in [-0.25, -0.2) is 0 Å². The van der Waals surface area contributed by atoms with E-state index in [1.54, 1.807) is 0 Å². The molecular weight excluding hydrogens is 144 g/mol. The Morgan fingerprint density at radius 3 is 2.33 bits per heavy atom. The average Bonchev–Trinajstić information content (AvgIpc) is 1.98. The van der Waals surface area contributed by atoms with Crippen molar-refractivity contribution in [3.63, 3.8) is 0 Å². The van der Waals surface area contributed by atoms with Crippen molar-refractivity contribution in [3.05, 3.63) is 24.3 Å². The molecule has 0 aromatic heterocycles. The number of hydrogen-bond acceptors (Lipinski definition) is 0. The van der Waals surface area contributed by atoms with Gasteiger partial charge in [0.25, 0.3) is 0 Å². The van der Waals surface area contributed by atoms with Gasteiger partial charge in [-0.15, -0.1) is 6.58 Å². The van der Waals surface area contributed by atoms with Gasteiger partial charge in [0.15, 0.2) is 0 Å². The van der Waals surface area contributed by atoms with Crippen LogP contribution in [0.2, 0.25) is 0 Å². The van der Waals surface area contributed by atoms with Crippen LogP contribution in [0.3, 0.4) is 0 Å². The average molecular weight is 166 g/mol. The van der Waals surface area contributed by atoms with E-state index in [-0.39, 0.29) is 0 Å². The highest BCUT2D eigenvalue weighted by molar-refractivity contribution is 4.91. The lowest BCUT2D eigenvalue weighted by atomic mass is 9.88. The van der Waals surface area contributed by atoms with Crippen molar-refractivity contribution < 1.29 is 0 Å². The summed E-state index contributed by atoms with van der Waals surface area (Å²) in [6.07, 6.45) is 6.74. The normalized spacial score (nSPS) is 16.3. The Kier molecular flexibility index (Phi) is 5.79. The summed E-state index contributed by atoms with van der Waals surface area (Å²) in [4.78, 5) is 0. The molecule has 2 atom stereocenters. The highest BCUT2D eigenvalue weighted by Gasteiger charge is 2.09. The summed E-state index contributed by atoms with van der Waals surface area (Å²) in [5, 5.41) is 0. The van der Waals surface area contributed by atoms with Crippen LogP contribution in [0.4, 0.5) is 0 Å². The van der Waals surface area contributed by atoms with Crippen LogP contribution in [0, 0.1) is 11.8 Å². The molecule has 12 heavy (non-hydrogen) atoms. The van der Waals surface area contributed by atoms with E-state index in [9.17, 15) is 0 Å². The van der Waals surface area contributed by atoms with Crippen molar-refractivity contribution in [2.45, 2.75) is 40.5 Å². The van der Waals surface area contributed by atoms with Gasteiger partial charge in [0.1, 0.15) is 0 Å². The smallest absolute Gasteiger partial charge is 0.0297 e. The predicted octanol–water partition coefficient (Wildman–Crippen LogP) is 4.19. The molecule has 0 bridgehead atoms. The zero-order valence-corrected chi connectivity index (χ0v) is 8.93. The van der Waals surface area contributed by atoms with Crippen molar-refractivity contribution >= 4 is 0 Å². The van der Waals surface area contributed by atoms with Gasteiger partial charge in [0, 0.05) is 0 Å². The van der Waals surface area contributed by atoms with Crippen LogP contribution in [-0.2, 0) is 0 Å². The van der Waals surface area contributed by atoms with Crippen LogP contribution in [0.1, 0.15) is 40.5 Å². The molecule has 0 fully saturated rings. The van der Waals surface area contributed by atoms with Crippen molar-refractivity contribution in [1.82, 2.24) is 0 Å². The van der Waals surface area contributed by atoms with Crippen LogP contribution in [0.15, 0.2) is 24.3 Å². The topological polar surface area (TPSA) is 0 Å². The summed E-state index contributed by atoms with van der Waals surface area (Å²) in [5.74, 6) is 1.54. The molecule has 0 nitrogen and oxygen atoms in total. The summed E-state index contributed by atoms with van der Waals surface area (Å²) < 4.78 is 0. The first-order chi connectivity index (χ1) is 5.57.